The van der Waals surface area contributed by atoms with Gasteiger partial charge in [-0.05, 0) is 42.3 Å². The van der Waals surface area contributed by atoms with E-state index in [-0.39, 0.29) is 0 Å². The third-order valence-corrected chi connectivity index (χ3v) is 5.55. The van der Waals surface area contributed by atoms with E-state index in [0.29, 0.717) is 0 Å². The molecule has 0 aromatic carbocycles. The van der Waals surface area contributed by atoms with Crippen LogP contribution in [0.5, 0.6) is 0 Å². The number of hydrogen-bond acceptors (Lipinski definition) is 5. The van der Waals surface area contributed by atoms with Crippen molar-refractivity contribution in [2.24, 2.45) is 0 Å². The molecule has 1 N–H and O–H groups in total. The van der Waals surface area contributed by atoms with E-state index in [2.05, 4.69) is 32.8 Å². The van der Waals surface area contributed by atoms with Crippen LogP contribution in [-0.4, -0.2) is 9.97 Å². The minimum absolute atomic E-state index is 0.861. The van der Waals surface area contributed by atoms with Gasteiger partial charge >= 0.3 is 0 Å². The largest absolute Gasteiger partial charge is 0.365 e. The summed E-state index contributed by atoms with van der Waals surface area (Å²) in [6.07, 6.45) is 5.49. The van der Waals surface area contributed by atoms with Gasteiger partial charge in [-0.25, -0.2) is 9.97 Å². The molecule has 1 aliphatic carbocycles. The Balaban J connectivity index is 1.56. The summed E-state index contributed by atoms with van der Waals surface area (Å²) in [5, 5.41) is 6.63. The molecule has 19 heavy (non-hydrogen) atoms. The first kappa shape index (κ1) is 11.4. The second-order valence-electron chi connectivity index (χ2n) is 4.73. The molecule has 0 aliphatic heterocycles. The number of anilines is 1. The number of thiophene rings is 2. The monoisotopic (exact) mass is 287 g/mol. The van der Waals surface area contributed by atoms with Crippen molar-refractivity contribution < 1.29 is 0 Å². The predicted octanol–water partition coefficient (Wildman–Crippen LogP) is 3.85. The van der Waals surface area contributed by atoms with E-state index in [1.54, 1.807) is 28.1 Å². The van der Waals surface area contributed by atoms with Crippen molar-refractivity contribution in [1.82, 2.24) is 9.97 Å². The zero-order valence-electron chi connectivity index (χ0n) is 10.3. The van der Waals surface area contributed by atoms with E-state index in [0.717, 1.165) is 22.6 Å². The van der Waals surface area contributed by atoms with Crippen LogP contribution in [0.3, 0.4) is 0 Å². The highest BCUT2D eigenvalue weighted by Crippen LogP contribution is 2.31. The van der Waals surface area contributed by atoms with Gasteiger partial charge in [-0.3, -0.25) is 0 Å². The maximum atomic E-state index is 4.35. The zero-order valence-corrected chi connectivity index (χ0v) is 12.0. The molecule has 96 valence electrons. The Morgan fingerprint density at radius 3 is 3.21 bits per heavy atom. The number of aromatic nitrogens is 2. The molecule has 3 aromatic rings. The third kappa shape index (κ3) is 2.03. The van der Waals surface area contributed by atoms with E-state index in [9.17, 15) is 0 Å². The lowest BCUT2D eigenvalue weighted by Crippen LogP contribution is -2.00. The lowest BCUT2D eigenvalue weighted by Gasteiger charge is -2.04. The van der Waals surface area contributed by atoms with E-state index in [4.69, 9.17) is 0 Å². The molecule has 0 saturated carbocycles. The van der Waals surface area contributed by atoms with Crippen molar-refractivity contribution in [2.75, 3.05) is 5.32 Å². The van der Waals surface area contributed by atoms with Crippen LogP contribution in [-0.2, 0) is 19.4 Å². The number of hydrogen-bond donors (Lipinski definition) is 1. The van der Waals surface area contributed by atoms with E-state index < -0.39 is 0 Å². The molecule has 5 heteroatoms. The van der Waals surface area contributed by atoms with Gasteiger partial charge in [0.25, 0.3) is 0 Å². The first-order valence-corrected chi connectivity index (χ1v) is 8.12. The SMILES string of the molecule is c1nc(NCc2cc3c(s2)CCC3)c2ccsc2n1. The molecule has 1 aliphatic rings. The van der Waals surface area contributed by atoms with Crippen LogP contribution in [0.1, 0.15) is 21.7 Å². The number of rotatable bonds is 3. The Kier molecular flexibility index (Phi) is 2.74. The summed E-state index contributed by atoms with van der Waals surface area (Å²) in [6, 6.07) is 4.43. The van der Waals surface area contributed by atoms with Crippen molar-refractivity contribution in [3.63, 3.8) is 0 Å². The molecule has 0 saturated heterocycles. The summed E-state index contributed by atoms with van der Waals surface area (Å²) >= 11 is 3.60. The molecule has 0 fully saturated rings. The molecule has 3 nitrogen and oxygen atoms in total. The van der Waals surface area contributed by atoms with Gasteiger partial charge < -0.3 is 5.32 Å². The van der Waals surface area contributed by atoms with Crippen molar-refractivity contribution in [3.8, 4) is 0 Å². The lowest BCUT2D eigenvalue weighted by molar-refractivity contribution is 0.913. The molecule has 0 atom stereocenters. The summed E-state index contributed by atoms with van der Waals surface area (Å²) < 4.78 is 0. The highest BCUT2D eigenvalue weighted by molar-refractivity contribution is 7.16. The predicted molar refractivity (Wildman–Crippen MR) is 81.1 cm³/mol. The van der Waals surface area contributed by atoms with Gasteiger partial charge in [-0.2, -0.15) is 0 Å². The van der Waals surface area contributed by atoms with Crippen LogP contribution >= 0.6 is 22.7 Å². The smallest absolute Gasteiger partial charge is 0.138 e. The highest BCUT2D eigenvalue weighted by atomic mass is 32.1. The van der Waals surface area contributed by atoms with Gasteiger partial charge in [0.1, 0.15) is 17.0 Å². The Labute approximate surface area is 119 Å². The van der Waals surface area contributed by atoms with Crippen molar-refractivity contribution >= 4 is 38.7 Å². The Hall–Kier alpha value is -1.46. The first-order chi connectivity index (χ1) is 9.40. The van der Waals surface area contributed by atoms with Crippen LogP contribution in [0.15, 0.2) is 23.8 Å². The van der Waals surface area contributed by atoms with Gasteiger partial charge in [0.2, 0.25) is 0 Å². The van der Waals surface area contributed by atoms with Crippen molar-refractivity contribution in [3.05, 3.63) is 39.2 Å². The average Bonchev–Trinajstić information content (AvgIpc) is 3.10. The van der Waals surface area contributed by atoms with Crippen LogP contribution in [0, 0.1) is 0 Å². The second-order valence-corrected chi connectivity index (χ2v) is 6.85. The molecule has 4 rings (SSSR count). The number of aryl methyl sites for hydroxylation is 2. The van der Waals surface area contributed by atoms with Crippen LogP contribution in [0.2, 0.25) is 0 Å². The molecule has 0 spiro atoms. The summed E-state index contributed by atoms with van der Waals surface area (Å²) in [4.78, 5) is 12.7. The normalized spacial score (nSPS) is 13.9. The Morgan fingerprint density at radius 2 is 2.26 bits per heavy atom. The van der Waals surface area contributed by atoms with Crippen molar-refractivity contribution in [1.29, 1.82) is 0 Å². The van der Waals surface area contributed by atoms with Crippen LogP contribution < -0.4 is 5.32 Å². The minimum Gasteiger partial charge on any atom is -0.365 e. The fraction of sp³-hybridized carbons (Fsp3) is 0.286. The van der Waals surface area contributed by atoms with Crippen LogP contribution in [0.4, 0.5) is 5.82 Å². The molecule has 0 bridgehead atoms. The lowest BCUT2D eigenvalue weighted by atomic mass is 10.2. The number of nitrogens with zero attached hydrogens (tertiary/aromatic N) is 2. The van der Waals surface area contributed by atoms with Crippen molar-refractivity contribution in [2.45, 2.75) is 25.8 Å². The summed E-state index contributed by atoms with van der Waals surface area (Å²) in [5.41, 5.74) is 1.56. The summed E-state index contributed by atoms with van der Waals surface area (Å²) in [7, 11) is 0. The fourth-order valence-corrected chi connectivity index (χ4v) is 4.51. The van der Waals surface area contributed by atoms with E-state index in [1.165, 1.54) is 24.1 Å². The Morgan fingerprint density at radius 1 is 1.26 bits per heavy atom. The molecular weight excluding hydrogens is 274 g/mol. The quantitative estimate of drug-likeness (QED) is 0.795. The Bertz CT molecular complexity index is 708. The summed E-state index contributed by atoms with van der Waals surface area (Å²) in [5.74, 6) is 0.944. The molecule has 3 aromatic heterocycles. The van der Waals surface area contributed by atoms with Gasteiger partial charge in [-0.1, -0.05) is 0 Å². The zero-order chi connectivity index (χ0) is 12.7. The standard InChI is InChI=1S/C14H13N3S2/c1-2-9-6-10(19-12(9)3-1)7-15-13-11-4-5-18-14(11)17-8-16-13/h4-6,8H,1-3,7H2,(H,15,16,17). The van der Waals surface area contributed by atoms with E-state index >= 15 is 0 Å². The molecule has 3 heterocycles. The summed E-state index contributed by atoms with van der Waals surface area (Å²) in [6.45, 7) is 0.861. The topological polar surface area (TPSA) is 37.8 Å². The number of nitrogens with one attached hydrogen (secondary N) is 1. The van der Waals surface area contributed by atoms with Gasteiger partial charge in [0.15, 0.2) is 0 Å². The third-order valence-electron chi connectivity index (χ3n) is 3.49. The van der Waals surface area contributed by atoms with E-state index in [1.807, 2.05) is 11.3 Å². The second kappa shape index (κ2) is 4.58. The molecule has 0 radical (unpaired) electrons. The fourth-order valence-electron chi connectivity index (χ4n) is 2.58. The molecule has 0 unspecified atom stereocenters. The highest BCUT2D eigenvalue weighted by Gasteiger charge is 2.14. The average molecular weight is 287 g/mol. The molecular formula is C14H13N3S2. The van der Waals surface area contributed by atoms with Crippen LogP contribution in [0.25, 0.3) is 10.2 Å². The number of fused-ring (bicyclic) bond motifs is 2. The van der Waals surface area contributed by atoms with Gasteiger partial charge in [-0.15, -0.1) is 22.7 Å². The van der Waals surface area contributed by atoms with Gasteiger partial charge in [0, 0.05) is 9.75 Å². The maximum Gasteiger partial charge on any atom is 0.138 e. The minimum atomic E-state index is 0.861. The first-order valence-electron chi connectivity index (χ1n) is 6.43. The molecule has 0 amide bonds. The maximum absolute atomic E-state index is 4.35. The van der Waals surface area contributed by atoms with Gasteiger partial charge in [0.05, 0.1) is 11.9 Å².